The van der Waals surface area contributed by atoms with Gasteiger partial charge in [-0.2, -0.15) is 0 Å². The van der Waals surface area contributed by atoms with Crippen LogP contribution in [0.1, 0.15) is 28.7 Å². The van der Waals surface area contributed by atoms with E-state index in [2.05, 4.69) is 10.3 Å². The Morgan fingerprint density at radius 2 is 2.19 bits per heavy atom. The minimum atomic E-state index is -1.03. The van der Waals surface area contributed by atoms with Crippen LogP contribution in [0.15, 0.2) is 22.8 Å². The molecule has 0 saturated heterocycles. The highest BCUT2D eigenvalue weighted by Gasteiger charge is 2.30. The van der Waals surface area contributed by atoms with E-state index in [1.165, 1.54) is 11.3 Å². The molecule has 2 aromatic rings. The first-order chi connectivity index (χ1) is 10.0. The number of thiazole rings is 1. The van der Waals surface area contributed by atoms with E-state index >= 15 is 0 Å². The molecule has 2 rings (SSSR count). The van der Waals surface area contributed by atoms with Crippen LogP contribution in [-0.2, 0) is 0 Å². The fraction of sp³-hybridized carbons (Fsp3) is 0.429. The molecule has 0 fully saturated rings. The summed E-state index contributed by atoms with van der Waals surface area (Å²) in [5.74, 6) is 0.194. The SMILES string of the molecule is CCC(CO)(CO)NC(=O)c1nc(-c2ccco2)sc1C. The van der Waals surface area contributed by atoms with E-state index in [1.807, 2.05) is 0 Å². The third kappa shape index (κ3) is 3.15. The van der Waals surface area contributed by atoms with Gasteiger partial charge in [-0.05, 0) is 25.5 Å². The first-order valence-electron chi connectivity index (χ1n) is 6.60. The van der Waals surface area contributed by atoms with E-state index in [0.29, 0.717) is 17.2 Å². The van der Waals surface area contributed by atoms with E-state index in [-0.39, 0.29) is 18.9 Å². The molecule has 0 aliphatic carbocycles. The summed E-state index contributed by atoms with van der Waals surface area (Å²) in [5.41, 5.74) is -0.746. The van der Waals surface area contributed by atoms with Gasteiger partial charge in [0.2, 0.25) is 0 Å². The number of furan rings is 1. The predicted octanol–water partition coefficient (Wildman–Crippen LogP) is 1.57. The molecule has 0 aromatic carbocycles. The highest BCUT2D eigenvalue weighted by molar-refractivity contribution is 7.15. The largest absolute Gasteiger partial charge is 0.462 e. The van der Waals surface area contributed by atoms with Crippen LogP contribution < -0.4 is 5.32 Å². The molecule has 0 saturated carbocycles. The van der Waals surface area contributed by atoms with Gasteiger partial charge in [0.1, 0.15) is 5.69 Å². The second-order valence-corrected chi connectivity index (χ2v) is 6.01. The Morgan fingerprint density at radius 1 is 1.48 bits per heavy atom. The van der Waals surface area contributed by atoms with Crippen molar-refractivity contribution in [3.63, 3.8) is 0 Å². The van der Waals surface area contributed by atoms with E-state index in [1.54, 1.807) is 32.2 Å². The van der Waals surface area contributed by atoms with Crippen molar-refractivity contribution in [2.75, 3.05) is 13.2 Å². The Hall–Kier alpha value is -1.70. The van der Waals surface area contributed by atoms with Gasteiger partial charge in [-0.1, -0.05) is 6.92 Å². The van der Waals surface area contributed by atoms with Crippen molar-refractivity contribution in [2.24, 2.45) is 0 Å². The maximum Gasteiger partial charge on any atom is 0.271 e. The van der Waals surface area contributed by atoms with Crippen molar-refractivity contribution in [3.05, 3.63) is 29.0 Å². The summed E-state index contributed by atoms with van der Waals surface area (Å²) in [6.07, 6.45) is 1.96. The average Bonchev–Trinajstić information content (AvgIpc) is 3.14. The molecule has 0 aliphatic heterocycles. The Labute approximate surface area is 126 Å². The van der Waals surface area contributed by atoms with Crippen LogP contribution in [0.4, 0.5) is 0 Å². The van der Waals surface area contributed by atoms with Gasteiger partial charge in [-0.3, -0.25) is 4.79 Å². The molecule has 0 radical (unpaired) electrons. The van der Waals surface area contributed by atoms with Gasteiger partial charge in [0.15, 0.2) is 10.8 Å². The number of hydrogen-bond acceptors (Lipinski definition) is 6. The Bertz CT molecular complexity index is 594. The lowest BCUT2D eigenvalue weighted by atomic mass is 9.98. The molecular formula is C14H18N2O4S. The molecule has 0 aliphatic rings. The average molecular weight is 310 g/mol. The number of nitrogens with one attached hydrogen (secondary N) is 1. The first-order valence-corrected chi connectivity index (χ1v) is 7.42. The van der Waals surface area contributed by atoms with Crippen molar-refractivity contribution >= 4 is 17.2 Å². The molecule has 0 bridgehead atoms. The molecule has 2 aromatic heterocycles. The van der Waals surface area contributed by atoms with Crippen LogP contribution in [0.3, 0.4) is 0 Å². The monoisotopic (exact) mass is 310 g/mol. The molecule has 114 valence electrons. The molecule has 0 spiro atoms. The van der Waals surface area contributed by atoms with Gasteiger partial charge in [0, 0.05) is 4.88 Å². The van der Waals surface area contributed by atoms with Crippen LogP contribution in [0.25, 0.3) is 10.8 Å². The maximum atomic E-state index is 12.3. The van der Waals surface area contributed by atoms with E-state index in [9.17, 15) is 15.0 Å². The highest BCUT2D eigenvalue weighted by Crippen LogP contribution is 2.28. The lowest BCUT2D eigenvalue weighted by molar-refractivity contribution is 0.0649. The lowest BCUT2D eigenvalue weighted by Crippen LogP contribution is -2.54. The van der Waals surface area contributed by atoms with Gasteiger partial charge >= 0.3 is 0 Å². The molecule has 0 unspecified atom stereocenters. The molecule has 7 heteroatoms. The number of carbonyl (C=O) groups is 1. The number of amides is 1. The molecule has 1 amide bonds. The summed E-state index contributed by atoms with van der Waals surface area (Å²) in [6, 6.07) is 3.53. The smallest absolute Gasteiger partial charge is 0.271 e. The fourth-order valence-electron chi connectivity index (χ4n) is 1.85. The van der Waals surface area contributed by atoms with Crippen LogP contribution in [0.5, 0.6) is 0 Å². The summed E-state index contributed by atoms with van der Waals surface area (Å²) in [4.78, 5) is 17.4. The maximum absolute atomic E-state index is 12.3. The normalized spacial score (nSPS) is 11.6. The predicted molar refractivity (Wildman–Crippen MR) is 79.2 cm³/mol. The number of aryl methyl sites for hydroxylation is 1. The second-order valence-electron chi connectivity index (χ2n) is 4.81. The van der Waals surface area contributed by atoms with Crippen molar-refractivity contribution in [1.82, 2.24) is 10.3 Å². The Kier molecular flexibility index (Phi) is 4.76. The number of hydrogen-bond donors (Lipinski definition) is 3. The fourth-order valence-corrected chi connectivity index (χ4v) is 2.73. The topological polar surface area (TPSA) is 95.6 Å². The molecule has 3 N–H and O–H groups in total. The molecule has 6 nitrogen and oxygen atoms in total. The van der Waals surface area contributed by atoms with Gasteiger partial charge in [-0.15, -0.1) is 11.3 Å². The molecule has 2 heterocycles. The van der Waals surface area contributed by atoms with E-state index < -0.39 is 11.4 Å². The minimum Gasteiger partial charge on any atom is -0.462 e. The number of carbonyl (C=O) groups excluding carboxylic acids is 1. The zero-order valence-electron chi connectivity index (χ0n) is 11.9. The number of rotatable bonds is 6. The van der Waals surface area contributed by atoms with Gasteiger partial charge in [0.25, 0.3) is 5.91 Å². The van der Waals surface area contributed by atoms with E-state index in [4.69, 9.17) is 4.42 Å². The minimum absolute atomic E-state index is 0.283. The van der Waals surface area contributed by atoms with Crippen LogP contribution >= 0.6 is 11.3 Å². The van der Waals surface area contributed by atoms with Crippen molar-refractivity contribution < 1.29 is 19.4 Å². The summed E-state index contributed by atoms with van der Waals surface area (Å²) >= 11 is 1.36. The standard InChI is InChI=1S/C14H18N2O4S/c1-3-14(7-17,8-18)16-12(19)11-9(2)21-13(15-11)10-5-4-6-20-10/h4-6,17-18H,3,7-8H2,1-2H3,(H,16,19). The summed E-state index contributed by atoms with van der Waals surface area (Å²) in [5, 5.41) is 22.1. The van der Waals surface area contributed by atoms with Crippen molar-refractivity contribution in [2.45, 2.75) is 25.8 Å². The Morgan fingerprint density at radius 3 is 2.71 bits per heavy atom. The van der Waals surface area contributed by atoms with Crippen LogP contribution in [-0.4, -0.2) is 39.9 Å². The zero-order valence-corrected chi connectivity index (χ0v) is 12.7. The second kappa shape index (κ2) is 6.38. The number of aliphatic hydroxyl groups excluding tert-OH is 2. The van der Waals surface area contributed by atoms with Gasteiger partial charge < -0.3 is 19.9 Å². The Balaban J connectivity index is 2.24. The highest BCUT2D eigenvalue weighted by atomic mass is 32.1. The van der Waals surface area contributed by atoms with Crippen molar-refractivity contribution in [1.29, 1.82) is 0 Å². The van der Waals surface area contributed by atoms with Crippen molar-refractivity contribution in [3.8, 4) is 10.8 Å². The third-order valence-corrected chi connectivity index (χ3v) is 4.39. The van der Waals surface area contributed by atoms with E-state index in [0.717, 1.165) is 4.88 Å². The zero-order chi connectivity index (χ0) is 15.5. The number of nitrogens with zero attached hydrogens (tertiary/aromatic N) is 1. The quantitative estimate of drug-likeness (QED) is 0.753. The molecule has 0 atom stereocenters. The number of aromatic nitrogens is 1. The summed E-state index contributed by atoms with van der Waals surface area (Å²) in [7, 11) is 0. The third-order valence-electron chi connectivity index (χ3n) is 3.40. The molecular weight excluding hydrogens is 292 g/mol. The lowest BCUT2D eigenvalue weighted by Gasteiger charge is -2.29. The number of aliphatic hydroxyl groups is 2. The van der Waals surface area contributed by atoms with Crippen LogP contribution in [0.2, 0.25) is 0 Å². The summed E-state index contributed by atoms with van der Waals surface area (Å²) < 4.78 is 5.27. The van der Waals surface area contributed by atoms with Crippen LogP contribution in [0, 0.1) is 6.92 Å². The first kappa shape index (κ1) is 15.7. The van der Waals surface area contributed by atoms with Gasteiger partial charge in [0.05, 0.1) is 25.0 Å². The summed E-state index contributed by atoms with van der Waals surface area (Å²) in [6.45, 7) is 2.92. The van der Waals surface area contributed by atoms with Gasteiger partial charge in [-0.25, -0.2) is 4.98 Å². The molecule has 21 heavy (non-hydrogen) atoms.